The smallest absolute Gasteiger partial charge is 0.311 e. The number of nitro groups is 1. The first-order valence-corrected chi connectivity index (χ1v) is 7.55. The Kier molecular flexibility index (Phi) is 4.87. The predicted molar refractivity (Wildman–Crippen MR) is 81.0 cm³/mol. The standard InChI is InChI=1S/C14H12ClNO3S/c1-20-14-5-3-2-4-13(14)19-12-7-6-10(9-15)8-11(12)16(17)18/h2-8H,9H2,1H3. The molecule has 0 radical (unpaired) electrons. The molecule has 0 heterocycles. The summed E-state index contributed by atoms with van der Waals surface area (Å²) in [6, 6.07) is 12.1. The van der Waals surface area contributed by atoms with Crippen molar-refractivity contribution in [3.8, 4) is 11.5 Å². The van der Waals surface area contributed by atoms with Gasteiger partial charge in [-0.15, -0.1) is 23.4 Å². The zero-order chi connectivity index (χ0) is 14.5. The Bertz CT molecular complexity index is 634. The maximum absolute atomic E-state index is 11.1. The predicted octanol–water partition coefficient (Wildman–Crippen LogP) is 4.85. The number of hydrogen-bond acceptors (Lipinski definition) is 4. The number of para-hydroxylation sites is 1. The van der Waals surface area contributed by atoms with Gasteiger partial charge in [0.25, 0.3) is 0 Å². The molecule has 2 aromatic carbocycles. The Morgan fingerprint density at radius 1 is 1.25 bits per heavy atom. The molecule has 6 heteroatoms. The number of rotatable bonds is 5. The number of thioether (sulfide) groups is 1. The van der Waals surface area contributed by atoms with Crippen LogP contribution in [0.25, 0.3) is 0 Å². The largest absolute Gasteiger partial charge is 0.449 e. The fourth-order valence-corrected chi connectivity index (χ4v) is 2.39. The molecular weight excluding hydrogens is 298 g/mol. The van der Waals surface area contributed by atoms with Gasteiger partial charge in [-0.25, -0.2) is 0 Å². The molecule has 0 N–H and O–H groups in total. The highest BCUT2D eigenvalue weighted by atomic mass is 35.5. The van der Waals surface area contributed by atoms with Crippen LogP contribution in [0.15, 0.2) is 47.4 Å². The summed E-state index contributed by atoms with van der Waals surface area (Å²) < 4.78 is 5.69. The highest BCUT2D eigenvalue weighted by molar-refractivity contribution is 7.98. The molecule has 0 unspecified atom stereocenters. The molecule has 104 valence electrons. The van der Waals surface area contributed by atoms with Crippen LogP contribution in [0.3, 0.4) is 0 Å². The number of nitrogens with zero attached hydrogens (tertiary/aromatic N) is 1. The minimum atomic E-state index is -0.465. The molecule has 0 aromatic heterocycles. The zero-order valence-electron chi connectivity index (χ0n) is 10.7. The number of ether oxygens (including phenoxy) is 1. The highest BCUT2D eigenvalue weighted by Gasteiger charge is 2.17. The van der Waals surface area contributed by atoms with Gasteiger partial charge in [0, 0.05) is 16.8 Å². The van der Waals surface area contributed by atoms with Crippen molar-refractivity contribution in [3.05, 3.63) is 58.1 Å². The summed E-state index contributed by atoms with van der Waals surface area (Å²) in [7, 11) is 0. The molecule has 0 bridgehead atoms. The van der Waals surface area contributed by atoms with Gasteiger partial charge >= 0.3 is 5.69 Å². The molecule has 2 rings (SSSR count). The van der Waals surface area contributed by atoms with E-state index in [2.05, 4.69) is 0 Å². The number of halogens is 1. The third-order valence-electron chi connectivity index (χ3n) is 2.66. The van der Waals surface area contributed by atoms with E-state index in [1.807, 2.05) is 24.5 Å². The molecule has 0 amide bonds. The maximum atomic E-state index is 11.1. The number of benzene rings is 2. The molecule has 0 aliphatic carbocycles. The van der Waals surface area contributed by atoms with Crippen LogP contribution in [0.1, 0.15) is 5.56 Å². The van der Waals surface area contributed by atoms with Crippen LogP contribution in [-0.2, 0) is 5.88 Å². The second-order valence-corrected chi connectivity index (χ2v) is 5.06. The molecule has 20 heavy (non-hydrogen) atoms. The van der Waals surface area contributed by atoms with Gasteiger partial charge in [0.05, 0.1) is 4.92 Å². The van der Waals surface area contributed by atoms with Crippen molar-refractivity contribution in [2.75, 3.05) is 6.26 Å². The summed E-state index contributed by atoms with van der Waals surface area (Å²) in [6.07, 6.45) is 1.92. The van der Waals surface area contributed by atoms with E-state index in [0.717, 1.165) is 4.90 Å². The van der Waals surface area contributed by atoms with E-state index < -0.39 is 4.92 Å². The van der Waals surface area contributed by atoms with Crippen molar-refractivity contribution in [1.29, 1.82) is 0 Å². The van der Waals surface area contributed by atoms with Gasteiger partial charge in [-0.1, -0.05) is 18.2 Å². The molecule has 0 fully saturated rings. The quantitative estimate of drug-likeness (QED) is 0.343. The van der Waals surface area contributed by atoms with E-state index >= 15 is 0 Å². The lowest BCUT2D eigenvalue weighted by Gasteiger charge is -2.10. The molecule has 0 saturated carbocycles. The topological polar surface area (TPSA) is 52.4 Å². The lowest BCUT2D eigenvalue weighted by Crippen LogP contribution is -1.95. The van der Waals surface area contributed by atoms with Gasteiger partial charge < -0.3 is 4.74 Å². The average molecular weight is 310 g/mol. The average Bonchev–Trinajstić information content (AvgIpc) is 2.48. The monoisotopic (exact) mass is 309 g/mol. The minimum Gasteiger partial charge on any atom is -0.449 e. The lowest BCUT2D eigenvalue weighted by atomic mass is 10.2. The van der Waals surface area contributed by atoms with Gasteiger partial charge in [0.2, 0.25) is 5.75 Å². The number of nitro benzene ring substituents is 1. The first-order chi connectivity index (χ1) is 9.65. The third kappa shape index (κ3) is 3.23. The van der Waals surface area contributed by atoms with Crippen LogP contribution >= 0.6 is 23.4 Å². The minimum absolute atomic E-state index is 0.0842. The van der Waals surface area contributed by atoms with Crippen molar-refractivity contribution in [1.82, 2.24) is 0 Å². The fourth-order valence-electron chi connectivity index (χ4n) is 1.70. The summed E-state index contributed by atoms with van der Waals surface area (Å²) >= 11 is 7.22. The highest BCUT2D eigenvalue weighted by Crippen LogP contribution is 2.36. The fraction of sp³-hybridized carbons (Fsp3) is 0.143. The van der Waals surface area contributed by atoms with Crippen molar-refractivity contribution in [2.24, 2.45) is 0 Å². The second-order valence-electron chi connectivity index (χ2n) is 3.95. The van der Waals surface area contributed by atoms with Crippen LogP contribution in [0, 0.1) is 10.1 Å². The van der Waals surface area contributed by atoms with E-state index in [0.29, 0.717) is 11.3 Å². The number of alkyl halides is 1. The first-order valence-electron chi connectivity index (χ1n) is 5.80. The van der Waals surface area contributed by atoms with Gasteiger partial charge in [-0.3, -0.25) is 10.1 Å². The van der Waals surface area contributed by atoms with Crippen molar-refractivity contribution in [2.45, 2.75) is 10.8 Å². The Labute approximate surface area is 125 Å². The van der Waals surface area contributed by atoms with E-state index in [1.165, 1.54) is 17.8 Å². The summed E-state index contributed by atoms with van der Waals surface area (Å²) in [5.74, 6) is 1.04. The summed E-state index contributed by atoms with van der Waals surface area (Å²) in [6.45, 7) is 0. The first kappa shape index (κ1) is 14.7. The Morgan fingerprint density at radius 3 is 2.65 bits per heavy atom. The van der Waals surface area contributed by atoms with Gasteiger partial charge in [-0.2, -0.15) is 0 Å². The third-order valence-corrected chi connectivity index (χ3v) is 3.75. The van der Waals surface area contributed by atoms with Gasteiger partial charge in [-0.05, 0) is 30.0 Å². The summed E-state index contributed by atoms with van der Waals surface area (Å²) in [5.41, 5.74) is 0.600. The van der Waals surface area contributed by atoms with Crippen molar-refractivity contribution >= 4 is 29.1 Å². The van der Waals surface area contributed by atoms with Crippen LogP contribution in [0.4, 0.5) is 5.69 Å². The van der Waals surface area contributed by atoms with Crippen LogP contribution in [0.5, 0.6) is 11.5 Å². The molecule has 0 aliphatic rings. The number of hydrogen-bond donors (Lipinski definition) is 0. The molecule has 0 aliphatic heterocycles. The Hall–Kier alpha value is -1.72. The van der Waals surface area contributed by atoms with E-state index in [1.54, 1.807) is 18.2 Å². The normalized spacial score (nSPS) is 10.3. The van der Waals surface area contributed by atoms with Crippen LogP contribution in [0.2, 0.25) is 0 Å². The van der Waals surface area contributed by atoms with E-state index in [-0.39, 0.29) is 17.3 Å². The summed E-state index contributed by atoms with van der Waals surface area (Å²) in [4.78, 5) is 11.6. The van der Waals surface area contributed by atoms with Crippen LogP contribution < -0.4 is 4.74 Å². The molecule has 4 nitrogen and oxygen atoms in total. The second kappa shape index (κ2) is 6.63. The lowest BCUT2D eigenvalue weighted by molar-refractivity contribution is -0.385. The molecule has 0 atom stereocenters. The van der Waals surface area contributed by atoms with Gasteiger partial charge in [0.15, 0.2) is 0 Å². The molecule has 2 aromatic rings. The molecule has 0 spiro atoms. The SMILES string of the molecule is CSc1ccccc1Oc1ccc(CCl)cc1[N+](=O)[O-]. The summed E-state index contributed by atoms with van der Waals surface area (Å²) in [5, 5.41) is 11.1. The Morgan fingerprint density at radius 2 is 2.00 bits per heavy atom. The maximum Gasteiger partial charge on any atom is 0.311 e. The molecular formula is C14H12ClNO3S. The van der Waals surface area contributed by atoms with E-state index in [9.17, 15) is 10.1 Å². The van der Waals surface area contributed by atoms with E-state index in [4.69, 9.17) is 16.3 Å². The molecule has 0 saturated heterocycles. The van der Waals surface area contributed by atoms with Gasteiger partial charge in [0.1, 0.15) is 5.75 Å². The van der Waals surface area contributed by atoms with Crippen LogP contribution in [-0.4, -0.2) is 11.2 Å². The Balaban J connectivity index is 2.40. The zero-order valence-corrected chi connectivity index (χ0v) is 12.3. The van der Waals surface area contributed by atoms with Crippen molar-refractivity contribution < 1.29 is 9.66 Å². The van der Waals surface area contributed by atoms with Crippen molar-refractivity contribution in [3.63, 3.8) is 0 Å².